The van der Waals surface area contributed by atoms with Crippen LogP contribution < -0.4 is 15.5 Å². The number of likely N-dealkylation sites (tertiary alicyclic amines) is 1. The minimum atomic E-state index is -0.741. The predicted octanol–water partition coefficient (Wildman–Crippen LogP) is 7.56. The number of nitrogens with one attached hydrogen (secondary N) is 3. The first-order chi connectivity index (χ1) is 27.4. The van der Waals surface area contributed by atoms with Crippen molar-refractivity contribution in [1.82, 2.24) is 30.1 Å². The molecule has 2 aromatic carbocycles. The molecule has 0 spiro atoms. The summed E-state index contributed by atoms with van der Waals surface area (Å²) in [5.74, 6) is 0.162. The van der Waals surface area contributed by atoms with E-state index >= 15 is 4.39 Å². The fourth-order valence-electron chi connectivity index (χ4n) is 7.61. The lowest BCUT2D eigenvalue weighted by molar-refractivity contribution is -0.140. The van der Waals surface area contributed by atoms with E-state index in [-0.39, 0.29) is 52.0 Å². The van der Waals surface area contributed by atoms with Crippen molar-refractivity contribution >= 4 is 46.9 Å². The third-order valence-corrected chi connectivity index (χ3v) is 11.1. The number of hydrogen-bond acceptors (Lipinski definition) is 8. The first kappa shape index (κ1) is 42.1. The number of aromatic nitrogens is 3. The van der Waals surface area contributed by atoms with Gasteiger partial charge in [-0.25, -0.2) is 19.2 Å². The number of carbonyl (C=O) groups is 4. The minimum Gasteiger partial charge on any atom is -0.453 e. The van der Waals surface area contributed by atoms with Crippen LogP contribution in [0.3, 0.4) is 0 Å². The minimum absolute atomic E-state index is 0.0370. The number of imidazole rings is 1. The predicted molar refractivity (Wildman–Crippen MR) is 222 cm³/mol. The van der Waals surface area contributed by atoms with Crippen molar-refractivity contribution in [3.8, 4) is 22.4 Å². The summed E-state index contributed by atoms with van der Waals surface area (Å²) < 4.78 is 20.3. The van der Waals surface area contributed by atoms with Gasteiger partial charge in [-0.3, -0.25) is 14.4 Å². The second kappa shape index (κ2) is 17.2. The maximum Gasteiger partial charge on any atom is 0.407 e. The lowest BCUT2D eigenvalue weighted by Crippen LogP contribution is -2.56. The highest BCUT2D eigenvalue weighted by molar-refractivity contribution is 6.33. The second-order valence-electron chi connectivity index (χ2n) is 16.7. The van der Waals surface area contributed by atoms with Gasteiger partial charge in [0, 0.05) is 49.4 Å². The Labute approximate surface area is 343 Å². The molecule has 0 unspecified atom stereocenters. The summed E-state index contributed by atoms with van der Waals surface area (Å²) in [6.45, 7) is 15.9. The number of piperazine rings is 1. The van der Waals surface area contributed by atoms with E-state index < -0.39 is 29.3 Å². The van der Waals surface area contributed by atoms with E-state index in [0.29, 0.717) is 55.4 Å². The molecule has 0 bridgehead atoms. The van der Waals surface area contributed by atoms with Crippen LogP contribution in [0.25, 0.3) is 22.4 Å². The van der Waals surface area contributed by atoms with Gasteiger partial charge in [0.15, 0.2) is 0 Å². The Morgan fingerprint density at radius 3 is 2.29 bits per heavy atom. The first-order valence-electron chi connectivity index (χ1n) is 19.6. The molecule has 6 rings (SSSR count). The summed E-state index contributed by atoms with van der Waals surface area (Å²) in [7, 11) is 1.27. The van der Waals surface area contributed by atoms with Crippen LogP contribution in [0.1, 0.15) is 77.1 Å². The Morgan fingerprint density at radius 2 is 1.67 bits per heavy atom. The third-order valence-electron chi connectivity index (χ3n) is 10.8. The van der Waals surface area contributed by atoms with Gasteiger partial charge in [0.2, 0.25) is 11.8 Å². The molecule has 2 saturated heterocycles. The smallest absolute Gasteiger partial charge is 0.407 e. The number of rotatable bonds is 9. The van der Waals surface area contributed by atoms with E-state index in [0.717, 1.165) is 11.3 Å². The van der Waals surface area contributed by atoms with Gasteiger partial charge < -0.3 is 35.1 Å². The van der Waals surface area contributed by atoms with Crippen molar-refractivity contribution in [2.24, 2.45) is 17.3 Å². The zero-order chi connectivity index (χ0) is 42.1. The Bertz CT molecular complexity index is 2150. The van der Waals surface area contributed by atoms with Gasteiger partial charge in [0.1, 0.15) is 23.5 Å². The monoisotopic (exact) mass is 814 g/mol. The number of hydrogen-bond donors (Lipinski definition) is 3. The summed E-state index contributed by atoms with van der Waals surface area (Å²) in [6, 6.07) is 12.5. The molecule has 0 radical (unpaired) electrons. The zero-order valence-corrected chi connectivity index (χ0v) is 35.0. The average Bonchev–Trinajstić information content (AvgIpc) is 3.84. The molecule has 3 N–H and O–H groups in total. The van der Waals surface area contributed by atoms with E-state index in [2.05, 4.69) is 37.4 Å². The quantitative estimate of drug-likeness (QED) is 0.157. The third kappa shape index (κ3) is 9.12. The molecule has 4 amide bonds. The molecular formula is C43H52ClFN8O5. The number of methoxy groups -OCH3 is 1. The van der Waals surface area contributed by atoms with E-state index in [1.807, 2.05) is 70.7 Å². The lowest BCUT2D eigenvalue weighted by atomic mass is 9.94. The van der Waals surface area contributed by atoms with Crippen molar-refractivity contribution in [3.63, 3.8) is 0 Å². The van der Waals surface area contributed by atoms with E-state index in [4.69, 9.17) is 16.3 Å². The molecule has 13 nitrogen and oxygen atoms in total. The van der Waals surface area contributed by atoms with E-state index in [1.165, 1.54) is 25.4 Å². The molecule has 2 fully saturated rings. The summed E-state index contributed by atoms with van der Waals surface area (Å²) in [4.78, 5) is 69.9. The van der Waals surface area contributed by atoms with Gasteiger partial charge in [-0.15, -0.1) is 0 Å². The molecule has 2 aliphatic heterocycles. The molecule has 15 heteroatoms. The molecule has 4 heterocycles. The van der Waals surface area contributed by atoms with Crippen molar-refractivity contribution in [2.45, 2.75) is 73.0 Å². The van der Waals surface area contributed by atoms with Crippen LogP contribution in [-0.2, 0) is 14.3 Å². The molecule has 58 heavy (non-hydrogen) atoms. The van der Waals surface area contributed by atoms with Crippen molar-refractivity contribution in [2.75, 3.05) is 43.5 Å². The maximum absolute atomic E-state index is 15.5. The topological polar surface area (TPSA) is 153 Å². The standard InChI is InChI=1S/C43H52ClFN8O5/c1-24(2)37(50-42(57)58-8)40(55)53-22-25(3)17-35(53)38-47-21-34(48-38)28-11-9-27(10-12-28)30-18-32(45)33(19-31(30)44)49-39(54)29-13-14-36(46-20-29)52-16-15-51(23-26(52)4)41(56)43(5,6)7/h9-14,18-21,24-26,35,37H,15-17,22-23H2,1-8H3,(H,47,48)(H,49,54)(H,50,57)/t25-,26+,35-,37-/m0/s1. The van der Waals surface area contributed by atoms with Gasteiger partial charge in [-0.2, -0.15) is 0 Å². The van der Waals surface area contributed by atoms with Gasteiger partial charge in [0.05, 0.1) is 41.3 Å². The normalized spacial score (nSPS) is 18.9. The average molecular weight is 815 g/mol. The Balaban J connectivity index is 1.10. The summed E-state index contributed by atoms with van der Waals surface area (Å²) in [6.07, 6.45) is 3.23. The van der Waals surface area contributed by atoms with Crippen molar-refractivity contribution in [1.29, 1.82) is 0 Å². The fourth-order valence-corrected chi connectivity index (χ4v) is 7.89. The molecule has 2 aromatic heterocycles. The van der Waals surface area contributed by atoms with Crippen LogP contribution in [0.5, 0.6) is 0 Å². The molecular weight excluding hydrogens is 763 g/mol. The first-order valence-corrected chi connectivity index (χ1v) is 20.0. The Kier molecular flexibility index (Phi) is 12.5. The number of H-pyrrole nitrogens is 1. The second-order valence-corrected chi connectivity index (χ2v) is 17.1. The van der Waals surface area contributed by atoms with E-state index in [1.54, 1.807) is 23.2 Å². The summed E-state index contributed by atoms with van der Waals surface area (Å²) >= 11 is 6.66. The molecule has 4 atom stereocenters. The molecule has 4 aromatic rings. The number of aromatic amines is 1. The van der Waals surface area contributed by atoms with Gasteiger partial charge in [-0.1, -0.05) is 77.4 Å². The van der Waals surface area contributed by atoms with Crippen LogP contribution >= 0.6 is 11.6 Å². The number of alkyl carbamates (subject to hydrolysis) is 1. The Hall–Kier alpha value is -5.50. The highest BCUT2D eigenvalue weighted by Crippen LogP contribution is 2.37. The van der Waals surface area contributed by atoms with Gasteiger partial charge in [-0.05, 0) is 60.6 Å². The van der Waals surface area contributed by atoms with Crippen molar-refractivity contribution in [3.05, 3.63) is 83.2 Å². The number of pyridine rings is 1. The van der Waals surface area contributed by atoms with Crippen LogP contribution in [0.15, 0.2) is 60.9 Å². The number of amides is 4. The van der Waals surface area contributed by atoms with Crippen LogP contribution in [0.4, 0.5) is 20.7 Å². The molecule has 308 valence electrons. The van der Waals surface area contributed by atoms with Gasteiger partial charge >= 0.3 is 6.09 Å². The van der Waals surface area contributed by atoms with Gasteiger partial charge in [0.25, 0.3) is 5.91 Å². The highest BCUT2D eigenvalue weighted by Gasteiger charge is 2.40. The number of carbonyl (C=O) groups excluding carboxylic acids is 4. The number of anilines is 2. The number of halogens is 2. The summed E-state index contributed by atoms with van der Waals surface area (Å²) in [5, 5.41) is 5.55. The summed E-state index contributed by atoms with van der Waals surface area (Å²) in [5.41, 5.74) is 2.43. The lowest BCUT2D eigenvalue weighted by Gasteiger charge is -2.42. The van der Waals surface area contributed by atoms with Crippen LogP contribution in [-0.4, -0.2) is 93.9 Å². The molecule has 2 aliphatic rings. The number of nitrogens with zero attached hydrogens (tertiary/aromatic N) is 5. The van der Waals surface area contributed by atoms with E-state index in [9.17, 15) is 19.2 Å². The highest BCUT2D eigenvalue weighted by atomic mass is 35.5. The molecule has 0 saturated carbocycles. The van der Waals surface area contributed by atoms with Crippen LogP contribution in [0.2, 0.25) is 5.02 Å². The van der Waals surface area contributed by atoms with Crippen molar-refractivity contribution < 1.29 is 28.3 Å². The molecule has 0 aliphatic carbocycles. The SMILES string of the molecule is COC(=O)N[C@H](C(=O)N1C[C@@H](C)C[C@H]1c1ncc(-c2ccc(-c3cc(F)c(NC(=O)c4ccc(N5CCN(C(=O)C(C)(C)C)C[C@H]5C)nc4)cc3Cl)cc2)[nH]1)C(C)C. The maximum atomic E-state index is 15.5. The number of ether oxygens (including phenoxy) is 1. The zero-order valence-electron chi connectivity index (χ0n) is 34.2. The fraction of sp³-hybridized carbons (Fsp3) is 0.442. The van der Waals surface area contributed by atoms with Crippen LogP contribution in [0, 0.1) is 23.1 Å². The number of benzene rings is 2. The largest absolute Gasteiger partial charge is 0.453 e. The Morgan fingerprint density at radius 1 is 0.966 bits per heavy atom.